The van der Waals surface area contributed by atoms with E-state index in [1.54, 1.807) is 13.0 Å². The Morgan fingerprint density at radius 1 is 1.33 bits per heavy atom. The van der Waals surface area contributed by atoms with Gasteiger partial charge < -0.3 is 14.5 Å². The minimum Gasteiger partial charge on any atom is -0.437 e. The molecule has 18 heavy (non-hydrogen) atoms. The molecule has 0 aromatic carbocycles. The summed E-state index contributed by atoms with van der Waals surface area (Å²) in [5.41, 5.74) is -0.796. The summed E-state index contributed by atoms with van der Waals surface area (Å²) in [6.07, 6.45) is 1.13. The summed E-state index contributed by atoms with van der Waals surface area (Å²) < 4.78 is 11.3. The predicted octanol–water partition coefficient (Wildman–Crippen LogP) is 3.31. The third kappa shape index (κ3) is 4.82. The normalized spacial score (nSPS) is 15.7. The van der Waals surface area contributed by atoms with Gasteiger partial charge in [-0.2, -0.15) is 0 Å². The van der Waals surface area contributed by atoms with Crippen LogP contribution in [0.1, 0.15) is 27.7 Å². The maximum Gasteiger partial charge on any atom is 0.407 e. The molecule has 1 N–H and O–H groups in total. The second-order valence-electron chi connectivity index (χ2n) is 6.21. The van der Waals surface area contributed by atoms with Gasteiger partial charge in [-0.25, -0.2) is 4.79 Å². The van der Waals surface area contributed by atoms with E-state index in [9.17, 15) is 4.79 Å². The van der Waals surface area contributed by atoms with Crippen LogP contribution in [0.2, 0.25) is 18.1 Å². The maximum atomic E-state index is 11.3. The lowest BCUT2D eigenvalue weighted by Crippen LogP contribution is -2.46. The van der Waals surface area contributed by atoms with Crippen LogP contribution in [0.3, 0.4) is 0 Å². The largest absolute Gasteiger partial charge is 0.437 e. The zero-order valence-electron chi connectivity index (χ0n) is 12.7. The van der Waals surface area contributed by atoms with Crippen molar-refractivity contribution in [1.29, 1.82) is 0 Å². The van der Waals surface area contributed by atoms with E-state index in [1.807, 2.05) is 0 Å². The molecule has 0 rings (SSSR count). The van der Waals surface area contributed by atoms with Gasteiger partial charge in [0.25, 0.3) is 0 Å². The van der Waals surface area contributed by atoms with Crippen LogP contribution < -0.4 is 5.32 Å². The lowest BCUT2D eigenvalue weighted by atomic mass is 10.1. The highest BCUT2D eigenvalue weighted by molar-refractivity contribution is 6.74. The minimum atomic E-state index is -1.85. The van der Waals surface area contributed by atoms with Crippen molar-refractivity contribution in [2.24, 2.45) is 0 Å². The molecule has 0 unspecified atom stereocenters. The van der Waals surface area contributed by atoms with E-state index >= 15 is 0 Å². The number of ether oxygens (including phenoxy) is 1. The molecule has 106 valence electrons. The summed E-state index contributed by atoms with van der Waals surface area (Å²) in [5, 5.41) is 2.56. The average molecular weight is 273 g/mol. The summed E-state index contributed by atoms with van der Waals surface area (Å²) in [6, 6.07) is 0. The highest BCUT2D eigenvalue weighted by Gasteiger charge is 2.39. The Morgan fingerprint density at radius 3 is 2.17 bits per heavy atom. The number of carbonyl (C=O) groups is 1. The van der Waals surface area contributed by atoms with Crippen molar-refractivity contribution in [3.05, 3.63) is 12.7 Å². The van der Waals surface area contributed by atoms with Gasteiger partial charge in [-0.15, -0.1) is 0 Å². The van der Waals surface area contributed by atoms with Crippen LogP contribution in [0.5, 0.6) is 0 Å². The van der Waals surface area contributed by atoms with E-state index < -0.39 is 20.0 Å². The molecule has 0 saturated heterocycles. The maximum absolute atomic E-state index is 11.3. The van der Waals surface area contributed by atoms with E-state index in [4.69, 9.17) is 9.16 Å². The van der Waals surface area contributed by atoms with Gasteiger partial charge in [0.2, 0.25) is 0 Å². The first-order valence-corrected chi connectivity index (χ1v) is 9.06. The van der Waals surface area contributed by atoms with Gasteiger partial charge in [0.1, 0.15) is 0 Å². The lowest BCUT2D eigenvalue weighted by molar-refractivity contribution is 0.0221. The second-order valence-corrected chi connectivity index (χ2v) is 11.0. The van der Waals surface area contributed by atoms with Crippen LogP contribution in [0.4, 0.5) is 4.79 Å². The Balaban J connectivity index is 4.66. The molecule has 5 heteroatoms. The fourth-order valence-electron chi connectivity index (χ4n) is 0.933. The van der Waals surface area contributed by atoms with E-state index in [2.05, 4.69) is 45.8 Å². The van der Waals surface area contributed by atoms with Crippen molar-refractivity contribution in [1.82, 2.24) is 5.32 Å². The number of hydrogen-bond acceptors (Lipinski definition) is 3. The molecule has 1 amide bonds. The summed E-state index contributed by atoms with van der Waals surface area (Å²) in [5.74, 6) is 0. The van der Waals surface area contributed by atoms with Crippen molar-refractivity contribution < 1.29 is 14.0 Å². The van der Waals surface area contributed by atoms with Crippen LogP contribution >= 0.6 is 0 Å². The number of alkyl carbamates (subject to hydrolysis) is 1. The Morgan fingerprint density at radius 2 is 1.83 bits per heavy atom. The lowest BCUT2D eigenvalue weighted by Gasteiger charge is -2.38. The Kier molecular flexibility index (Phi) is 5.62. The third-order valence-corrected chi connectivity index (χ3v) is 7.97. The number of hydrogen-bond donors (Lipinski definition) is 1. The summed E-state index contributed by atoms with van der Waals surface area (Å²) in [4.78, 5) is 11.3. The molecule has 0 aliphatic carbocycles. The van der Waals surface area contributed by atoms with Crippen LogP contribution in [0.15, 0.2) is 12.7 Å². The van der Waals surface area contributed by atoms with E-state index in [0.717, 1.165) is 0 Å². The van der Waals surface area contributed by atoms with Gasteiger partial charge in [0.05, 0.1) is 6.61 Å². The van der Waals surface area contributed by atoms with Crippen LogP contribution in [0.25, 0.3) is 0 Å². The summed E-state index contributed by atoms with van der Waals surface area (Å²) >= 11 is 0. The fourth-order valence-corrected chi connectivity index (χ4v) is 2.01. The molecule has 0 saturated carbocycles. The van der Waals surface area contributed by atoms with Gasteiger partial charge >= 0.3 is 6.09 Å². The number of nitrogens with one attached hydrogen (secondary N) is 1. The minimum absolute atomic E-state index is 0.127. The van der Waals surface area contributed by atoms with Gasteiger partial charge in [0.15, 0.2) is 13.9 Å². The van der Waals surface area contributed by atoms with Crippen molar-refractivity contribution in [2.75, 3.05) is 13.7 Å². The first-order valence-electron chi connectivity index (χ1n) is 6.16. The molecule has 0 aliphatic heterocycles. The van der Waals surface area contributed by atoms with E-state index in [-0.39, 0.29) is 5.04 Å². The molecular formula is C13H27NO3Si. The summed E-state index contributed by atoms with van der Waals surface area (Å²) in [7, 11) is -0.323. The van der Waals surface area contributed by atoms with E-state index in [0.29, 0.717) is 6.61 Å². The average Bonchev–Trinajstić information content (AvgIpc) is 2.25. The topological polar surface area (TPSA) is 47.6 Å². The molecule has 0 bridgehead atoms. The molecule has 0 heterocycles. The zero-order valence-corrected chi connectivity index (χ0v) is 13.7. The fraction of sp³-hybridized carbons (Fsp3) is 0.769. The number of carbonyl (C=O) groups excluding carboxylic acids is 1. The van der Waals surface area contributed by atoms with Crippen LogP contribution in [-0.4, -0.2) is 33.7 Å². The highest BCUT2D eigenvalue weighted by atomic mass is 28.4. The highest BCUT2D eigenvalue weighted by Crippen LogP contribution is 2.37. The first kappa shape index (κ1) is 17.2. The van der Waals surface area contributed by atoms with Crippen molar-refractivity contribution in [3.63, 3.8) is 0 Å². The quantitative estimate of drug-likeness (QED) is 0.617. The monoisotopic (exact) mass is 273 g/mol. The smallest absolute Gasteiger partial charge is 0.407 e. The van der Waals surface area contributed by atoms with Crippen LogP contribution in [0, 0.1) is 0 Å². The van der Waals surface area contributed by atoms with Gasteiger partial charge in [-0.05, 0) is 31.1 Å². The predicted molar refractivity (Wildman–Crippen MR) is 77.3 cm³/mol. The van der Waals surface area contributed by atoms with E-state index in [1.165, 1.54) is 7.05 Å². The third-order valence-electron chi connectivity index (χ3n) is 3.49. The Hall–Kier alpha value is -0.813. The van der Waals surface area contributed by atoms with Crippen molar-refractivity contribution in [2.45, 2.75) is 51.4 Å². The number of rotatable bonds is 5. The SMILES string of the molecule is C=C[C@](C)(CO[Si](C)(C)C(C)(C)C)OC(=O)NC. The molecule has 0 aromatic rings. The molecule has 4 nitrogen and oxygen atoms in total. The van der Waals surface area contributed by atoms with Gasteiger partial charge in [-0.1, -0.05) is 27.4 Å². The molecule has 0 fully saturated rings. The molecule has 0 spiro atoms. The molecular weight excluding hydrogens is 246 g/mol. The number of amides is 1. The van der Waals surface area contributed by atoms with Crippen molar-refractivity contribution >= 4 is 14.4 Å². The Labute approximate surface area is 112 Å². The standard InChI is InChI=1S/C13H27NO3Si/c1-9-13(5,17-11(15)14-6)10-16-18(7,8)12(2,3)4/h9H,1,10H2,2-8H3,(H,14,15)/t13-/m1/s1. The Bertz CT molecular complexity index is 310. The zero-order chi connectivity index (χ0) is 14.6. The molecule has 0 aromatic heterocycles. The summed E-state index contributed by atoms with van der Waals surface area (Å²) in [6.45, 7) is 16.7. The molecule has 0 aliphatic rings. The molecule has 1 atom stereocenters. The van der Waals surface area contributed by atoms with Gasteiger partial charge in [-0.3, -0.25) is 0 Å². The first-order chi connectivity index (χ1) is 7.97. The second kappa shape index (κ2) is 5.89. The van der Waals surface area contributed by atoms with Gasteiger partial charge in [0, 0.05) is 7.05 Å². The molecule has 0 radical (unpaired) electrons. The van der Waals surface area contributed by atoms with Crippen LogP contribution in [-0.2, 0) is 9.16 Å². The van der Waals surface area contributed by atoms with Crippen molar-refractivity contribution in [3.8, 4) is 0 Å².